The van der Waals surface area contributed by atoms with Crippen LogP contribution in [0.5, 0.6) is 0 Å². The van der Waals surface area contributed by atoms with Crippen molar-refractivity contribution < 1.29 is 0 Å². The molecular formula is C11H15Br2N3. The fraction of sp³-hybridized carbons (Fsp3) is 0.545. The molecule has 1 saturated heterocycles. The summed E-state index contributed by atoms with van der Waals surface area (Å²) in [4.78, 5) is 6.77. The van der Waals surface area contributed by atoms with Crippen LogP contribution >= 0.6 is 31.9 Å². The van der Waals surface area contributed by atoms with Crippen LogP contribution in [-0.2, 0) is 0 Å². The van der Waals surface area contributed by atoms with Crippen molar-refractivity contribution in [1.82, 2.24) is 9.88 Å². The Kier molecular flexibility index (Phi) is 4.00. The highest BCUT2D eigenvalue weighted by Crippen LogP contribution is 2.32. The number of likely N-dealkylation sites (tertiary alicyclic amines) is 1. The van der Waals surface area contributed by atoms with Crippen molar-refractivity contribution >= 4 is 31.9 Å². The number of likely N-dealkylation sites (N-methyl/N-ethyl adjacent to an activating group) is 1. The molecule has 1 aromatic rings. The van der Waals surface area contributed by atoms with Gasteiger partial charge in [-0.2, -0.15) is 0 Å². The van der Waals surface area contributed by atoms with Crippen molar-refractivity contribution in [3.05, 3.63) is 26.9 Å². The molecule has 1 aromatic heterocycles. The third-order valence-corrected chi connectivity index (χ3v) is 4.11. The monoisotopic (exact) mass is 347 g/mol. The van der Waals surface area contributed by atoms with E-state index in [2.05, 4.69) is 48.8 Å². The number of aromatic nitrogens is 1. The van der Waals surface area contributed by atoms with E-state index in [1.54, 1.807) is 0 Å². The topological polar surface area (TPSA) is 42.1 Å². The van der Waals surface area contributed by atoms with Gasteiger partial charge in [-0.3, -0.25) is 9.88 Å². The van der Waals surface area contributed by atoms with Gasteiger partial charge in [0.05, 0.1) is 11.7 Å². The van der Waals surface area contributed by atoms with Gasteiger partial charge in [-0.15, -0.1) is 0 Å². The molecule has 1 aliphatic rings. The SMILES string of the molecule is CN1CCCC(N)C1c1ncc(Br)cc1Br. The van der Waals surface area contributed by atoms with Crippen LogP contribution in [0.4, 0.5) is 0 Å². The van der Waals surface area contributed by atoms with Gasteiger partial charge in [-0.1, -0.05) is 0 Å². The molecule has 2 heterocycles. The Morgan fingerprint density at radius 2 is 2.25 bits per heavy atom. The lowest BCUT2D eigenvalue weighted by atomic mass is 9.94. The lowest BCUT2D eigenvalue weighted by molar-refractivity contribution is 0.158. The van der Waals surface area contributed by atoms with E-state index >= 15 is 0 Å². The number of nitrogens with two attached hydrogens (primary N) is 1. The van der Waals surface area contributed by atoms with Gasteiger partial charge in [0.2, 0.25) is 0 Å². The predicted molar refractivity (Wildman–Crippen MR) is 72.2 cm³/mol. The van der Waals surface area contributed by atoms with Crippen molar-refractivity contribution in [3.8, 4) is 0 Å². The van der Waals surface area contributed by atoms with Crippen molar-refractivity contribution in [1.29, 1.82) is 0 Å². The van der Waals surface area contributed by atoms with Crippen LogP contribution < -0.4 is 5.73 Å². The zero-order chi connectivity index (χ0) is 11.7. The molecule has 3 nitrogen and oxygen atoms in total. The highest BCUT2D eigenvalue weighted by molar-refractivity contribution is 9.11. The molecule has 5 heteroatoms. The van der Waals surface area contributed by atoms with Gasteiger partial charge in [0.25, 0.3) is 0 Å². The summed E-state index contributed by atoms with van der Waals surface area (Å²) in [5.41, 5.74) is 7.23. The first-order valence-electron chi connectivity index (χ1n) is 5.36. The standard InChI is InChI=1S/C11H15Br2N3/c1-16-4-2-3-9(14)11(16)10-8(13)5-7(12)6-15-10/h5-6,9,11H,2-4,14H2,1H3. The van der Waals surface area contributed by atoms with Crippen molar-refractivity contribution in [3.63, 3.8) is 0 Å². The van der Waals surface area contributed by atoms with E-state index < -0.39 is 0 Å². The quantitative estimate of drug-likeness (QED) is 0.848. The highest BCUT2D eigenvalue weighted by atomic mass is 79.9. The average molecular weight is 349 g/mol. The maximum Gasteiger partial charge on any atom is 0.0733 e. The number of pyridine rings is 1. The average Bonchev–Trinajstić information content (AvgIpc) is 2.20. The number of halogens is 2. The first-order chi connectivity index (χ1) is 7.59. The molecular weight excluding hydrogens is 334 g/mol. The summed E-state index contributed by atoms with van der Waals surface area (Å²) >= 11 is 6.98. The fourth-order valence-electron chi connectivity index (χ4n) is 2.25. The molecule has 1 fully saturated rings. The van der Waals surface area contributed by atoms with Crippen LogP contribution in [0.2, 0.25) is 0 Å². The maximum atomic E-state index is 6.19. The second kappa shape index (κ2) is 5.12. The van der Waals surface area contributed by atoms with Crippen LogP contribution in [0.3, 0.4) is 0 Å². The molecule has 0 aromatic carbocycles. The Balaban J connectivity index is 2.34. The Hall–Kier alpha value is 0.0300. The molecule has 0 bridgehead atoms. The molecule has 16 heavy (non-hydrogen) atoms. The summed E-state index contributed by atoms with van der Waals surface area (Å²) in [6.07, 6.45) is 4.07. The molecule has 0 spiro atoms. The van der Waals surface area contributed by atoms with Gasteiger partial charge >= 0.3 is 0 Å². The van der Waals surface area contributed by atoms with Crippen LogP contribution in [0, 0.1) is 0 Å². The van der Waals surface area contributed by atoms with E-state index in [9.17, 15) is 0 Å². The normalized spacial score (nSPS) is 27.0. The fourth-order valence-corrected chi connectivity index (χ4v) is 3.48. The van der Waals surface area contributed by atoms with Crippen LogP contribution in [0.1, 0.15) is 24.6 Å². The van der Waals surface area contributed by atoms with Gasteiger partial charge < -0.3 is 5.73 Å². The molecule has 0 saturated carbocycles. The van der Waals surface area contributed by atoms with E-state index in [-0.39, 0.29) is 12.1 Å². The summed E-state index contributed by atoms with van der Waals surface area (Å²) in [5.74, 6) is 0. The Morgan fingerprint density at radius 3 is 2.88 bits per heavy atom. The van der Waals surface area contributed by atoms with Crippen LogP contribution in [-0.4, -0.2) is 29.5 Å². The number of hydrogen-bond acceptors (Lipinski definition) is 3. The number of nitrogens with zero attached hydrogens (tertiary/aromatic N) is 2. The predicted octanol–water partition coefficient (Wildman–Crippen LogP) is 2.70. The molecule has 2 rings (SSSR count). The lowest BCUT2D eigenvalue weighted by Gasteiger charge is -2.37. The van der Waals surface area contributed by atoms with Gasteiger partial charge in [0.15, 0.2) is 0 Å². The minimum absolute atomic E-state index is 0.170. The Labute approximate surface area is 113 Å². The molecule has 2 atom stereocenters. The Bertz CT molecular complexity index is 373. The third-order valence-electron chi connectivity index (χ3n) is 3.05. The van der Waals surface area contributed by atoms with Crippen molar-refractivity contribution in [2.75, 3.05) is 13.6 Å². The molecule has 0 radical (unpaired) electrons. The zero-order valence-electron chi connectivity index (χ0n) is 9.16. The van der Waals surface area contributed by atoms with Gasteiger partial charge in [0, 0.05) is 21.2 Å². The third kappa shape index (κ3) is 2.47. The largest absolute Gasteiger partial charge is 0.326 e. The molecule has 0 amide bonds. The smallest absolute Gasteiger partial charge is 0.0733 e. The van der Waals surface area contributed by atoms with E-state index in [1.165, 1.54) is 6.42 Å². The zero-order valence-corrected chi connectivity index (χ0v) is 12.3. The Morgan fingerprint density at radius 1 is 1.50 bits per heavy atom. The van der Waals surface area contributed by atoms with E-state index in [0.29, 0.717) is 0 Å². The summed E-state index contributed by atoms with van der Waals surface area (Å²) in [7, 11) is 2.11. The molecule has 0 aliphatic carbocycles. The first kappa shape index (κ1) is 12.5. The summed E-state index contributed by atoms with van der Waals surface area (Å²) in [6, 6.07) is 2.41. The minimum atomic E-state index is 0.170. The number of rotatable bonds is 1. The lowest BCUT2D eigenvalue weighted by Crippen LogP contribution is -2.44. The molecule has 2 N–H and O–H groups in total. The summed E-state index contributed by atoms with van der Waals surface area (Å²) in [5, 5.41) is 0. The van der Waals surface area contributed by atoms with E-state index in [4.69, 9.17) is 5.73 Å². The summed E-state index contributed by atoms with van der Waals surface area (Å²) < 4.78 is 2.01. The second-order valence-corrected chi connectivity index (χ2v) is 6.02. The van der Waals surface area contributed by atoms with Gasteiger partial charge in [-0.05, 0) is 64.4 Å². The number of piperidine rings is 1. The van der Waals surface area contributed by atoms with Crippen LogP contribution in [0.15, 0.2) is 21.2 Å². The summed E-state index contributed by atoms with van der Waals surface area (Å²) in [6.45, 7) is 1.09. The first-order valence-corrected chi connectivity index (χ1v) is 6.95. The van der Waals surface area contributed by atoms with Crippen molar-refractivity contribution in [2.45, 2.75) is 24.9 Å². The van der Waals surface area contributed by atoms with E-state index in [0.717, 1.165) is 27.6 Å². The van der Waals surface area contributed by atoms with Gasteiger partial charge in [0.1, 0.15) is 0 Å². The maximum absolute atomic E-state index is 6.19. The minimum Gasteiger partial charge on any atom is -0.326 e. The second-order valence-electron chi connectivity index (χ2n) is 4.25. The van der Waals surface area contributed by atoms with E-state index in [1.807, 2.05) is 12.3 Å². The molecule has 88 valence electrons. The molecule has 1 aliphatic heterocycles. The number of hydrogen-bond donors (Lipinski definition) is 1. The van der Waals surface area contributed by atoms with Gasteiger partial charge in [-0.25, -0.2) is 0 Å². The highest BCUT2D eigenvalue weighted by Gasteiger charge is 2.30. The van der Waals surface area contributed by atoms with Crippen LogP contribution in [0.25, 0.3) is 0 Å². The molecule has 2 unspecified atom stereocenters. The van der Waals surface area contributed by atoms with Crippen molar-refractivity contribution in [2.24, 2.45) is 5.73 Å².